The first-order chi connectivity index (χ1) is 13.6. The van der Waals surface area contributed by atoms with E-state index in [-0.39, 0.29) is 5.91 Å². The zero-order chi connectivity index (χ0) is 19.5. The molecule has 0 atom stereocenters. The number of carbonyl (C=O) groups excluding carboxylic acids is 1. The highest BCUT2D eigenvalue weighted by molar-refractivity contribution is 6.05. The third kappa shape index (κ3) is 3.67. The van der Waals surface area contributed by atoms with Crippen LogP contribution in [-0.4, -0.2) is 29.5 Å². The number of rotatable bonds is 4. The van der Waals surface area contributed by atoms with Gasteiger partial charge in [0.1, 0.15) is 11.4 Å². The van der Waals surface area contributed by atoms with Gasteiger partial charge in [-0.25, -0.2) is 9.97 Å². The molecule has 1 aromatic heterocycles. The van der Waals surface area contributed by atoms with Crippen LogP contribution in [0, 0.1) is 6.92 Å². The lowest BCUT2D eigenvalue weighted by atomic mass is 10.0. The smallest absolute Gasteiger partial charge is 0.277 e. The number of amides is 1. The van der Waals surface area contributed by atoms with E-state index in [1.807, 2.05) is 54.3 Å². The molecule has 0 aliphatic carbocycles. The summed E-state index contributed by atoms with van der Waals surface area (Å²) in [5.41, 5.74) is 4.08. The molecule has 1 aliphatic heterocycles. The number of aryl methyl sites for hydroxylation is 2. The van der Waals surface area contributed by atoms with Crippen molar-refractivity contribution in [3.05, 3.63) is 71.5 Å². The third-order valence-electron chi connectivity index (χ3n) is 4.75. The molecule has 2 heterocycles. The van der Waals surface area contributed by atoms with Crippen molar-refractivity contribution < 1.29 is 9.53 Å². The van der Waals surface area contributed by atoms with Crippen LogP contribution in [0.1, 0.15) is 28.2 Å². The molecule has 0 unspecified atom stereocenters. The molecular weight excluding hydrogens is 352 g/mol. The summed E-state index contributed by atoms with van der Waals surface area (Å²) in [6, 6.07) is 17.3. The van der Waals surface area contributed by atoms with Gasteiger partial charge in [0.05, 0.1) is 7.11 Å². The molecule has 0 bridgehead atoms. The zero-order valence-electron chi connectivity index (χ0n) is 16.0. The fourth-order valence-corrected chi connectivity index (χ4v) is 3.45. The van der Waals surface area contributed by atoms with E-state index in [2.05, 4.69) is 21.4 Å². The number of nitrogens with one attached hydrogen (secondary N) is 1. The molecule has 0 saturated heterocycles. The van der Waals surface area contributed by atoms with E-state index in [1.54, 1.807) is 13.2 Å². The summed E-state index contributed by atoms with van der Waals surface area (Å²) in [6.07, 6.45) is 1.94. The number of hydrogen-bond acceptors (Lipinski definition) is 5. The Balaban J connectivity index is 1.63. The van der Waals surface area contributed by atoms with E-state index in [0.717, 1.165) is 35.7 Å². The molecule has 4 rings (SSSR count). The van der Waals surface area contributed by atoms with Crippen LogP contribution in [0.3, 0.4) is 0 Å². The van der Waals surface area contributed by atoms with Crippen molar-refractivity contribution in [2.45, 2.75) is 19.8 Å². The van der Waals surface area contributed by atoms with Gasteiger partial charge in [0.25, 0.3) is 5.91 Å². The van der Waals surface area contributed by atoms with Gasteiger partial charge in [0.2, 0.25) is 5.95 Å². The molecule has 1 amide bonds. The van der Waals surface area contributed by atoms with Crippen LogP contribution < -0.4 is 15.0 Å². The van der Waals surface area contributed by atoms with E-state index < -0.39 is 0 Å². The number of para-hydroxylation sites is 1. The Hall–Kier alpha value is -3.41. The van der Waals surface area contributed by atoms with Crippen molar-refractivity contribution in [1.29, 1.82) is 0 Å². The highest BCUT2D eigenvalue weighted by atomic mass is 16.5. The lowest BCUT2D eigenvalue weighted by Crippen LogP contribution is -2.36. The van der Waals surface area contributed by atoms with Gasteiger partial charge in [-0.15, -0.1) is 0 Å². The van der Waals surface area contributed by atoms with Crippen molar-refractivity contribution in [3.8, 4) is 5.75 Å². The van der Waals surface area contributed by atoms with Gasteiger partial charge < -0.3 is 15.0 Å². The quantitative estimate of drug-likeness (QED) is 0.744. The SMILES string of the molecule is COc1cccc(Nc2nc(C)cc(C(=O)N3CCCc4ccccc43)n2)c1. The maximum absolute atomic E-state index is 13.2. The largest absolute Gasteiger partial charge is 0.497 e. The normalized spacial score (nSPS) is 13.0. The van der Waals surface area contributed by atoms with Crippen molar-refractivity contribution >= 4 is 23.2 Å². The molecule has 6 nitrogen and oxygen atoms in total. The van der Waals surface area contributed by atoms with E-state index in [1.165, 1.54) is 5.56 Å². The summed E-state index contributed by atoms with van der Waals surface area (Å²) in [4.78, 5) is 23.9. The highest BCUT2D eigenvalue weighted by Crippen LogP contribution is 2.28. The monoisotopic (exact) mass is 374 g/mol. The van der Waals surface area contributed by atoms with E-state index >= 15 is 0 Å². The summed E-state index contributed by atoms with van der Waals surface area (Å²) in [5, 5.41) is 3.16. The predicted molar refractivity (Wildman–Crippen MR) is 109 cm³/mol. The average molecular weight is 374 g/mol. The first-order valence-corrected chi connectivity index (χ1v) is 9.30. The number of ether oxygens (including phenoxy) is 1. The van der Waals surface area contributed by atoms with Crippen molar-refractivity contribution in [3.63, 3.8) is 0 Å². The molecule has 1 N–H and O–H groups in total. The number of carbonyl (C=O) groups is 1. The second kappa shape index (κ2) is 7.68. The molecular formula is C22H22N4O2. The minimum atomic E-state index is -0.105. The number of hydrogen-bond donors (Lipinski definition) is 1. The highest BCUT2D eigenvalue weighted by Gasteiger charge is 2.24. The van der Waals surface area contributed by atoms with Gasteiger partial charge in [-0.2, -0.15) is 0 Å². The van der Waals surface area contributed by atoms with Crippen LogP contribution in [0.25, 0.3) is 0 Å². The lowest BCUT2D eigenvalue weighted by molar-refractivity contribution is 0.0980. The number of anilines is 3. The minimum Gasteiger partial charge on any atom is -0.497 e. The van der Waals surface area contributed by atoms with Crippen molar-refractivity contribution in [1.82, 2.24) is 9.97 Å². The van der Waals surface area contributed by atoms with E-state index in [0.29, 0.717) is 18.2 Å². The van der Waals surface area contributed by atoms with Gasteiger partial charge in [-0.05, 0) is 49.6 Å². The predicted octanol–water partition coefficient (Wildman–Crippen LogP) is 4.13. The van der Waals surface area contributed by atoms with Gasteiger partial charge in [0.15, 0.2) is 0 Å². The number of aromatic nitrogens is 2. The van der Waals surface area contributed by atoms with Gasteiger partial charge in [-0.1, -0.05) is 24.3 Å². The number of nitrogens with zero attached hydrogens (tertiary/aromatic N) is 3. The van der Waals surface area contributed by atoms with Crippen LogP contribution in [0.15, 0.2) is 54.6 Å². The van der Waals surface area contributed by atoms with Gasteiger partial charge >= 0.3 is 0 Å². The Bertz CT molecular complexity index is 1020. The van der Waals surface area contributed by atoms with Gasteiger partial charge in [0, 0.05) is 29.7 Å². The van der Waals surface area contributed by atoms with E-state index in [4.69, 9.17) is 4.74 Å². The third-order valence-corrected chi connectivity index (χ3v) is 4.75. The Labute approximate surface area is 164 Å². The first-order valence-electron chi connectivity index (χ1n) is 9.30. The Morgan fingerprint density at radius 1 is 1.11 bits per heavy atom. The van der Waals surface area contributed by atoms with Crippen LogP contribution in [-0.2, 0) is 6.42 Å². The van der Waals surface area contributed by atoms with Crippen LogP contribution in [0.5, 0.6) is 5.75 Å². The average Bonchev–Trinajstić information content (AvgIpc) is 2.72. The minimum absolute atomic E-state index is 0.105. The molecule has 28 heavy (non-hydrogen) atoms. The summed E-state index contributed by atoms with van der Waals surface area (Å²) < 4.78 is 5.25. The fourth-order valence-electron chi connectivity index (χ4n) is 3.45. The van der Waals surface area contributed by atoms with Crippen molar-refractivity contribution in [2.24, 2.45) is 0 Å². The summed E-state index contributed by atoms with van der Waals surface area (Å²) in [7, 11) is 1.62. The standard InChI is InChI=1S/C22H22N4O2/c1-15-13-19(21(27)26-12-6-8-16-7-3-4-11-20(16)26)25-22(23-15)24-17-9-5-10-18(14-17)28-2/h3-5,7,9-11,13-14H,6,8,12H2,1-2H3,(H,23,24,25). The molecule has 0 saturated carbocycles. The Kier molecular flexibility index (Phi) is 4.93. The van der Waals surface area contributed by atoms with Gasteiger partial charge in [-0.3, -0.25) is 4.79 Å². The number of fused-ring (bicyclic) bond motifs is 1. The number of methoxy groups -OCH3 is 1. The molecule has 142 valence electrons. The van der Waals surface area contributed by atoms with Crippen molar-refractivity contribution in [2.75, 3.05) is 23.9 Å². The van der Waals surface area contributed by atoms with Crippen LogP contribution in [0.2, 0.25) is 0 Å². The maximum Gasteiger partial charge on any atom is 0.277 e. The lowest BCUT2D eigenvalue weighted by Gasteiger charge is -2.29. The van der Waals surface area contributed by atoms with E-state index in [9.17, 15) is 4.79 Å². The molecule has 0 spiro atoms. The molecule has 0 radical (unpaired) electrons. The number of benzene rings is 2. The summed E-state index contributed by atoms with van der Waals surface area (Å²) >= 11 is 0. The topological polar surface area (TPSA) is 67.3 Å². The second-order valence-electron chi connectivity index (χ2n) is 6.76. The van der Waals surface area contributed by atoms with Crippen LogP contribution in [0.4, 0.5) is 17.3 Å². The summed E-state index contributed by atoms with van der Waals surface area (Å²) in [6.45, 7) is 2.55. The van der Waals surface area contributed by atoms with Crippen LogP contribution >= 0.6 is 0 Å². The Morgan fingerprint density at radius 3 is 2.82 bits per heavy atom. The molecule has 6 heteroatoms. The molecule has 3 aromatic rings. The summed E-state index contributed by atoms with van der Waals surface area (Å²) in [5.74, 6) is 1.02. The fraction of sp³-hybridized carbons (Fsp3) is 0.227. The molecule has 1 aliphatic rings. The maximum atomic E-state index is 13.2. The Morgan fingerprint density at radius 2 is 1.96 bits per heavy atom. The molecule has 0 fully saturated rings. The second-order valence-corrected chi connectivity index (χ2v) is 6.76. The first kappa shape index (κ1) is 18.0. The molecule has 2 aromatic carbocycles. The zero-order valence-corrected chi connectivity index (χ0v) is 16.0.